The molecular formula is C21H24N4O5S. The van der Waals surface area contributed by atoms with Crippen molar-refractivity contribution in [3.63, 3.8) is 0 Å². The van der Waals surface area contributed by atoms with Gasteiger partial charge in [0.05, 0.1) is 18.7 Å². The quantitative estimate of drug-likeness (QED) is 0.594. The molecule has 3 N–H and O–H groups in total. The van der Waals surface area contributed by atoms with Crippen molar-refractivity contribution in [3.05, 3.63) is 46.1 Å². The van der Waals surface area contributed by atoms with E-state index in [9.17, 15) is 20.0 Å². The number of nitrogens with one attached hydrogen (secondary N) is 1. The first-order valence-corrected chi connectivity index (χ1v) is 10.7. The third-order valence-corrected chi connectivity index (χ3v) is 6.17. The molecule has 3 rings (SSSR count). The van der Waals surface area contributed by atoms with Crippen molar-refractivity contribution in [1.29, 1.82) is 5.26 Å². The molecule has 2 unspecified atom stereocenters. The number of rotatable bonds is 7. The Morgan fingerprint density at radius 2 is 2.29 bits per heavy atom. The highest BCUT2D eigenvalue weighted by atomic mass is 32.1. The molecule has 0 bridgehead atoms. The lowest BCUT2D eigenvalue weighted by Crippen LogP contribution is -2.37. The Morgan fingerprint density at radius 3 is 2.97 bits per heavy atom. The molecule has 0 spiro atoms. The van der Waals surface area contributed by atoms with Gasteiger partial charge < -0.3 is 25.2 Å². The SMILES string of the molecule is CC(CC(=O)Nc1sc2c(c1C#N)CCN(C(=O)OCC(O)CO)C2)c1cccnc1. The fourth-order valence-corrected chi connectivity index (χ4v) is 4.55. The van der Waals surface area contributed by atoms with Crippen molar-refractivity contribution in [3.8, 4) is 6.07 Å². The highest BCUT2D eigenvalue weighted by Gasteiger charge is 2.28. The number of fused-ring (bicyclic) bond motifs is 1. The molecule has 0 radical (unpaired) electrons. The maximum absolute atomic E-state index is 12.6. The van der Waals surface area contributed by atoms with Crippen LogP contribution in [0.3, 0.4) is 0 Å². The number of carbonyl (C=O) groups excluding carboxylic acids is 2. The molecule has 2 amide bonds. The molecule has 0 aliphatic carbocycles. The zero-order chi connectivity index (χ0) is 22.4. The van der Waals surface area contributed by atoms with Crippen LogP contribution in [-0.2, 0) is 22.5 Å². The van der Waals surface area contributed by atoms with Crippen LogP contribution in [0.4, 0.5) is 9.80 Å². The zero-order valence-corrected chi connectivity index (χ0v) is 17.9. The Balaban J connectivity index is 1.65. The fourth-order valence-electron chi connectivity index (χ4n) is 3.32. The lowest BCUT2D eigenvalue weighted by Gasteiger charge is -2.26. The van der Waals surface area contributed by atoms with Crippen molar-refractivity contribution < 1.29 is 24.5 Å². The van der Waals surface area contributed by atoms with Crippen LogP contribution >= 0.6 is 11.3 Å². The molecule has 1 aliphatic rings. The molecular weight excluding hydrogens is 420 g/mol. The summed E-state index contributed by atoms with van der Waals surface area (Å²) in [6.07, 6.45) is 2.42. The van der Waals surface area contributed by atoms with Crippen LogP contribution in [0, 0.1) is 11.3 Å². The van der Waals surface area contributed by atoms with Crippen LogP contribution in [0.2, 0.25) is 0 Å². The number of thiophene rings is 1. The van der Waals surface area contributed by atoms with Crippen molar-refractivity contribution >= 4 is 28.3 Å². The van der Waals surface area contributed by atoms with Crippen molar-refractivity contribution in [2.75, 3.05) is 25.1 Å². The summed E-state index contributed by atoms with van der Waals surface area (Å²) in [7, 11) is 0. The number of ether oxygens (including phenoxy) is 1. The monoisotopic (exact) mass is 444 g/mol. The van der Waals surface area contributed by atoms with E-state index in [1.165, 1.54) is 16.2 Å². The topological polar surface area (TPSA) is 136 Å². The van der Waals surface area contributed by atoms with Gasteiger partial charge in [-0.25, -0.2) is 4.79 Å². The van der Waals surface area contributed by atoms with E-state index in [4.69, 9.17) is 9.84 Å². The summed E-state index contributed by atoms with van der Waals surface area (Å²) < 4.78 is 5.00. The number of aliphatic hydroxyl groups is 2. The summed E-state index contributed by atoms with van der Waals surface area (Å²) in [6.45, 7) is 1.78. The normalized spacial score (nSPS) is 14.8. The standard InChI is InChI=1S/C21H24N4O5S/c1-13(14-3-2-5-23-9-14)7-19(28)24-20-17(8-22)16-4-6-25(10-18(16)31-20)21(29)30-12-15(27)11-26/h2-3,5,9,13,15,26-27H,4,6-7,10-12H2,1H3,(H,24,28). The number of aliphatic hydroxyl groups excluding tert-OH is 2. The van der Waals surface area contributed by atoms with Gasteiger partial charge in [-0.2, -0.15) is 5.26 Å². The molecule has 0 fully saturated rings. The first-order chi connectivity index (χ1) is 14.9. The van der Waals surface area contributed by atoms with Gasteiger partial charge in [-0.1, -0.05) is 13.0 Å². The molecule has 2 aromatic rings. The minimum Gasteiger partial charge on any atom is -0.447 e. The molecule has 1 aliphatic heterocycles. The molecule has 9 nitrogen and oxygen atoms in total. The van der Waals surface area contributed by atoms with E-state index < -0.39 is 18.8 Å². The molecule has 0 saturated carbocycles. The number of nitrogens with zero attached hydrogens (tertiary/aromatic N) is 3. The predicted molar refractivity (Wildman–Crippen MR) is 113 cm³/mol. The van der Waals surface area contributed by atoms with E-state index in [0.717, 1.165) is 16.0 Å². The Morgan fingerprint density at radius 1 is 1.48 bits per heavy atom. The summed E-state index contributed by atoms with van der Waals surface area (Å²) >= 11 is 1.28. The minimum absolute atomic E-state index is 0.0200. The Labute approximate surface area is 183 Å². The number of pyridine rings is 1. The second-order valence-corrected chi connectivity index (χ2v) is 8.45. The highest BCUT2D eigenvalue weighted by molar-refractivity contribution is 7.16. The number of aromatic nitrogens is 1. The van der Waals surface area contributed by atoms with Crippen molar-refractivity contribution in [2.45, 2.75) is 38.3 Å². The number of carbonyl (C=O) groups is 2. The summed E-state index contributed by atoms with van der Waals surface area (Å²) in [5, 5.41) is 31.1. The molecule has 10 heteroatoms. The number of hydrogen-bond donors (Lipinski definition) is 3. The highest BCUT2D eigenvalue weighted by Crippen LogP contribution is 2.37. The van der Waals surface area contributed by atoms with Gasteiger partial charge in [-0.15, -0.1) is 11.3 Å². The van der Waals surface area contributed by atoms with Gasteiger partial charge >= 0.3 is 6.09 Å². The Bertz CT molecular complexity index is 972. The molecule has 3 heterocycles. The second-order valence-electron chi connectivity index (χ2n) is 7.34. The van der Waals surface area contributed by atoms with Gasteiger partial charge in [0.1, 0.15) is 23.8 Å². The molecule has 31 heavy (non-hydrogen) atoms. The van der Waals surface area contributed by atoms with Gasteiger partial charge in [0, 0.05) is 30.2 Å². The maximum Gasteiger partial charge on any atom is 0.410 e. The lowest BCUT2D eigenvalue weighted by atomic mass is 9.99. The fraction of sp³-hybridized carbons (Fsp3) is 0.429. The number of amides is 2. The Kier molecular flexibility index (Phi) is 7.57. The first kappa shape index (κ1) is 22.7. The summed E-state index contributed by atoms with van der Waals surface area (Å²) in [4.78, 5) is 31.1. The number of nitriles is 1. The van der Waals surface area contributed by atoms with Crippen molar-refractivity contribution in [2.24, 2.45) is 0 Å². The Hall–Kier alpha value is -3.00. The largest absolute Gasteiger partial charge is 0.447 e. The number of hydrogen-bond acceptors (Lipinski definition) is 8. The molecule has 2 atom stereocenters. The number of anilines is 1. The third kappa shape index (κ3) is 5.58. The third-order valence-electron chi connectivity index (χ3n) is 5.03. The molecule has 0 saturated heterocycles. The molecule has 2 aromatic heterocycles. The van der Waals surface area contributed by atoms with Gasteiger partial charge in [0.25, 0.3) is 0 Å². The minimum atomic E-state index is -1.12. The van der Waals surface area contributed by atoms with E-state index in [-0.39, 0.29) is 31.4 Å². The average Bonchev–Trinajstić information content (AvgIpc) is 3.13. The van der Waals surface area contributed by atoms with Gasteiger partial charge in [-0.05, 0) is 29.5 Å². The summed E-state index contributed by atoms with van der Waals surface area (Å²) in [5.41, 5.74) is 2.23. The van der Waals surface area contributed by atoms with E-state index in [0.29, 0.717) is 23.5 Å². The van der Waals surface area contributed by atoms with Gasteiger partial charge in [0.2, 0.25) is 5.91 Å². The van der Waals surface area contributed by atoms with Crippen LogP contribution in [0.5, 0.6) is 0 Å². The van der Waals surface area contributed by atoms with Crippen LogP contribution < -0.4 is 5.32 Å². The molecule has 0 aromatic carbocycles. The summed E-state index contributed by atoms with van der Waals surface area (Å²) in [5.74, 6) is -0.214. The van der Waals surface area contributed by atoms with E-state index in [1.54, 1.807) is 12.4 Å². The van der Waals surface area contributed by atoms with Crippen LogP contribution in [0.15, 0.2) is 24.5 Å². The first-order valence-electron chi connectivity index (χ1n) is 9.88. The van der Waals surface area contributed by atoms with E-state index in [1.807, 2.05) is 19.1 Å². The lowest BCUT2D eigenvalue weighted by molar-refractivity contribution is -0.116. The van der Waals surface area contributed by atoms with E-state index >= 15 is 0 Å². The second kappa shape index (κ2) is 10.3. The van der Waals surface area contributed by atoms with Crippen LogP contribution in [0.1, 0.15) is 40.8 Å². The zero-order valence-electron chi connectivity index (χ0n) is 17.1. The smallest absolute Gasteiger partial charge is 0.410 e. The molecule has 164 valence electrons. The van der Waals surface area contributed by atoms with Gasteiger partial charge in [0.15, 0.2) is 0 Å². The summed E-state index contributed by atoms with van der Waals surface area (Å²) in [6, 6.07) is 5.92. The van der Waals surface area contributed by atoms with Crippen molar-refractivity contribution in [1.82, 2.24) is 9.88 Å². The van der Waals surface area contributed by atoms with Crippen LogP contribution in [0.25, 0.3) is 0 Å². The van der Waals surface area contributed by atoms with E-state index in [2.05, 4.69) is 16.4 Å². The van der Waals surface area contributed by atoms with Gasteiger partial charge in [-0.3, -0.25) is 9.78 Å². The predicted octanol–water partition coefficient (Wildman–Crippen LogP) is 1.99. The maximum atomic E-state index is 12.6. The van der Waals surface area contributed by atoms with Crippen LogP contribution in [-0.4, -0.2) is 58.0 Å². The average molecular weight is 445 g/mol.